The van der Waals surface area contributed by atoms with Crippen molar-refractivity contribution in [2.24, 2.45) is 0 Å². The van der Waals surface area contributed by atoms with Gasteiger partial charge in [0.05, 0.1) is 18.1 Å². The second kappa shape index (κ2) is 5.15. The topological polar surface area (TPSA) is 44.0 Å². The maximum absolute atomic E-state index is 9.52. The molecule has 0 spiro atoms. The fraction of sp³-hybridized carbons (Fsp3) is 0.889. The lowest BCUT2D eigenvalue weighted by atomic mass is 9.96. The Hall–Kier alpha value is -0.550. The lowest BCUT2D eigenvalue weighted by Crippen LogP contribution is -2.22. The van der Waals surface area contributed by atoms with Gasteiger partial charge in [-0.05, 0) is 13.3 Å². The van der Waals surface area contributed by atoms with Gasteiger partial charge in [-0.25, -0.2) is 0 Å². The first-order valence-electron chi connectivity index (χ1n) is 4.21. The molecule has 2 nitrogen and oxygen atoms in total. The first-order chi connectivity index (χ1) is 5.12. The van der Waals surface area contributed by atoms with Gasteiger partial charge in [-0.1, -0.05) is 26.2 Å². The summed E-state index contributed by atoms with van der Waals surface area (Å²) in [7, 11) is 0. The van der Waals surface area contributed by atoms with Crippen LogP contribution in [-0.4, -0.2) is 10.7 Å². The number of aliphatic hydroxyl groups is 1. The molecular formula is C9H17NO. The summed E-state index contributed by atoms with van der Waals surface area (Å²) < 4.78 is 0. The smallest absolute Gasteiger partial charge is 0.0749 e. The lowest BCUT2D eigenvalue weighted by Gasteiger charge is -2.18. The molecule has 0 aliphatic rings. The third-order valence-electron chi connectivity index (χ3n) is 1.78. The minimum atomic E-state index is -0.760. The van der Waals surface area contributed by atoms with Gasteiger partial charge < -0.3 is 5.11 Å². The van der Waals surface area contributed by atoms with Gasteiger partial charge in [-0.2, -0.15) is 5.26 Å². The average molecular weight is 155 g/mol. The van der Waals surface area contributed by atoms with Gasteiger partial charge in [0.1, 0.15) is 0 Å². The van der Waals surface area contributed by atoms with Crippen LogP contribution in [0.3, 0.4) is 0 Å². The minimum absolute atomic E-state index is 0.247. The Balaban J connectivity index is 3.48. The molecule has 1 unspecified atom stereocenters. The van der Waals surface area contributed by atoms with E-state index in [4.69, 9.17) is 5.26 Å². The van der Waals surface area contributed by atoms with Crippen LogP contribution in [0, 0.1) is 11.3 Å². The summed E-state index contributed by atoms with van der Waals surface area (Å²) >= 11 is 0. The molecule has 0 amide bonds. The molecule has 1 N–H and O–H groups in total. The standard InChI is InChI=1S/C9H17NO/c1-3-4-5-6-9(2,11)7-8-10/h11H,3-7H2,1-2H3. The highest BCUT2D eigenvalue weighted by Crippen LogP contribution is 2.17. The van der Waals surface area contributed by atoms with Crippen molar-refractivity contribution in [2.45, 2.75) is 51.6 Å². The summed E-state index contributed by atoms with van der Waals surface area (Å²) in [6, 6.07) is 1.98. The molecule has 1 atom stereocenters. The fourth-order valence-electron chi connectivity index (χ4n) is 1.01. The van der Waals surface area contributed by atoms with Gasteiger partial charge in [0.15, 0.2) is 0 Å². The molecule has 0 radical (unpaired) electrons. The van der Waals surface area contributed by atoms with Crippen molar-refractivity contribution < 1.29 is 5.11 Å². The molecule has 0 rings (SSSR count). The molecule has 0 aromatic carbocycles. The van der Waals surface area contributed by atoms with Crippen LogP contribution in [0.25, 0.3) is 0 Å². The van der Waals surface area contributed by atoms with Gasteiger partial charge in [-0.15, -0.1) is 0 Å². The Labute approximate surface area is 68.8 Å². The predicted octanol–water partition coefficient (Wildman–Crippen LogP) is 2.23. The van der Waals surface area contributed by atoms with Crippen molar-refractivity contribution in [3.8, 4) is 6.07 Å². The number of hydrogen-bond acceptors (Lipinski definition) is 2. The van der Waals surface area contributed by atoms with E-state index in [1.165, 1.54) is 0 Å². The van der Waals surface area contributed by atoms with Gasteiger partial charge in [0, 0.05) is 0 Å². The monoisotopic (exact) mass is 155 g/mol. The van der Waals surface area contributed by atoms with Crippen molar-refractivity contribution in [3.05, 3.63) is 0 Å². The zero-order chi connectivity index (χ0) is 8.74. The van der Waals surface area contributed by atoms with Crippen LogP contribution >= 0.6 is 0 Å². The highest BCUT2D eigenvalue weighted by molar-refractivity contribution is 4.84. The molecule has 0 heterocycles. The zero-order valence-corrected chi connectivity index (χ0v) is 7.43. The molecule has 0 saturated heterocycles. The molecule has 11 heavy (non-hydrogen) atoms. The van der Waals surface area contributed by atoms with E-state index in [1.807, 2.05) is 6.07 Å². The largest absolute Gasteiger partial charge is 0.389 e. The predicted molar refractivity (Wildman–Crippen MR) is 45.0 cm³/mol. The van der Waals surface area contributed by atoms with Gasteiger partial charge in [0.25, 0.3) is 0 Å². The van der Waals surface area contributed by atoms with E-state index in [0.29, 0.717) is 0 Å². The van der Waals surface area contributed by atoms with E-state index in [9.17, 15) is 5.11 Å². The number of hydrogen-bond donors (Lipinski definition) is 1. The van der Waals surface area contributed by atoms with Crippen molar-refractivity contribution in [3.63, 3.8) is 0 Å². The van der Waals surface area contributed by atoms with Crippen LogP contribution in [0.5, 0.6) is 0 Å². The molecule has 0 fully saturated rings. The quantitative estimate of drug-likeness (QED) is 0.619. The van der Waals surface area contributed by atoms with E-state index in [-0.39, 0.29) is 6.42 Å². The van der Waals surface area contributed by atoms with Crippen molar-refractivity contribution in [1.82, 2.24) is 0 Å². The van der Waals surface area contributed by atoms with E-state index in [0.717, 1.165) is 25.7 Å². The summed E-state index contributed by atoms with van der Waals surface area (Å²) in [4.78, 5) is 0. The third-order valence-corrected chi connectivity index (χ3v) is 1.78. The zero-order valence-electron chi connectivity index (χ0n) is 7.43. The molecule has 64 valence electrons. The lowest BCUT2D eigenvalue weighted by molar-refractivity contribution is 0.0531. The number of rotatable bonds is 5. The van der Waals surface area contributed by atoms with Crippen molar-refractivity contribution in [1.29, 1.82) is 5.26 Å². The van der Waals surface area contributed by atoms with Crippen LogP contribution in [0.15, 0.2) is 0 Å². The maximum Gasteiger partial charge on any atom is 0.0749 e. The normalized spacial score (nSPS) is 15.5. The Kier molecular flexibility index (Phi) is 4.89. The van der Waals surface area contributed by atoms with E-state index < -0.39 is 5.60 Å². The van der Waals surface area contributed by atoms with Crippen LogP contribution in [0.4, 0.5) is 0 Å². The molecule has 0 aromatic heterocycles. The Bertz CT molecular complexity index is 135. The summed E-state index contributed by atoms with van der Waals surface area (Å²) in [5, 5.41) is 17.9. The second-order valence-electron chi connectivity index (χ2n) is 3.29. The van der Waals surface area contributed by atoms with Gasteiger partial charge >= 0.3 is 0 Å². The van der Waals surface area contributed by atoms with E-state index in [2.05, 4.69) is 6.92 Å². The summed E-state index contributed by atoms with van der Waals surface area (Å²) in [6.07, 6.45) is 4.31. The Morgan fingerprint density at radius 3 is 2.55 bits per heavy atom. The molecule has 0 bridgehead atoms. The highest BCUT2D eigenvalue weighted by Gasteiger charge is 2.18. The SMILES string of the molecule is CCCCCC(C)(O)CC#N. The maximum atomic E-state index is 9.52. The van der Waals surface area contributed by atoms with Gasteiger partial charge in [0.2, 0.25) is 0 Å². The van der Waals surface area contributed by atoms with Crippen LogP contribution in [0.1, 0.15) is 46.0 Å². The Morgan fingerprint density at radius 1 is 1.45 bits per heavy atom. The first-order valence-corrected chi connectivity index (χ1v) is 4.21. The number of nitrogens with zero attached hydrogens (tertiary/aromatic N) is 1. The minimum Gasteiger partial charge on any atom is -0.389 e. The fourth-order valence-corrected chi connectivity index (χ4v) is 1.01. The summed E-state index contributed by atoms with van der Waals surface area (Å²) in [5.41, 5.74) is -0.760. The van der Waals surface area contributed by atoms with Crippen LogP contribution in [0.2, 0.25) is 0 Å². The van der Waals surface area contributed by atoms with Gasteiger partial charge in [-0.3, -0.25) is 0 Å². The number of nitriles is 1. The summed E-state index contributed by atoms with van der Waals surface area (Å²) in [5.74, 6) is 0. The molecule has 0 aliphatic heterocycles. The molecule has 2 heteroatoms. The molecule has 0 saturated carbocycles. The Morgan fingerprint density at radius 2 is 2.09 bits per heavy atom. The molecular weight excluding hydrogens is 138 g/mol. The van der Waals surface area contributed by atoms with E-state index in [1.54, 1.807) is 6.92 Å². The molecule has 0 aromatic rings. The van der Waals surface area contributed by atoms with Crippen molar-refractivity contribution >= 4 is 0 Å². The van der Waals surface area contributed by atoms with Crippen LogP contribution < -0.4 is 0 Å². The van der Waals surface area contributed by atoms with Crippen LogP contribution in [-0.2, 0) is 0 Å². The van der Waals surface area contributed by atoms with E-state index >= 15 is 0 Å². The average Bonchev–Trinajstić information content (AvgIpc) is 1.87. The molecule has 0 aliphatic carbocycles. The summed E-state index contributed by atoms with van der Waals surface area (Å²) in [6.45, 7) is 3.85. The van der Waals surface area contributed by atoms with Crippen molar-refractivity contribution in [2.75, 3.05) is 0 Å². The number of unbranched alkanes of at least 4 members (excludes halogenated alkanes) is 2. The first kappa shape index (κ1) is 10.4. The second-order valence-corrected chi connectivity index (χ2v) is 3.29. The third kappa shape index (κ3) is 5.87. The highest BCUT2D eigenvalue weighted by atomic mass is 16.3.